The minimum absolute atomic E-state index is 0.0471. The SMILES string of the molecule is COCCCN1C(=O)CCN(C(=O)Nc2cc(OC)ccc2OC)CC12CCOC2. The lowest BCUT2D eigenvalue weighted by Crippen LogP contribution is -2.57. The van der Waals surface area contributed by atoms with E-state index in [1.165, 1.54) is 0 Å². The van der Waals surface area contributed by atoms with E-state index in [0.29, 0.717) is 63.1 Å². The van der Waals surface area contributed by atoms with Crippen molar-refractivity contribution in [1.29, 1.82) is 0 Å². The molecule has 0 aromatic heterocycles. The van der Waals surface area contributed by atoms with Gasteiger partial charge in [0.2, 0.25) is 5.91 Å². The van der Waals surface area contributed by atoms with E-state index in [1.807, 2.05) is 4.90 Å². The van der Waals surface area contributed by atoms with Crippen molar-refractivity contribution in [2.75, 3.05) is 66.1 Å². The fraction of sp³-hybridized carbons (Fsp3) is 0.619. The summed E-state index contributed by atoms with van der Waals surface area (Å²) < 4.78 is 21.4. The van der Waals surface area contributed by atoms with Crippen LogP contribution in [0, 0.1) is 0 Å². The van der Waals surface area contributed by atoms with Crippen molar-refractivity contribution < 1.29 is 28.5 Å². The maximum atomic E-state index is 13.1. The molecule has 2 aliphatic heterocycles. The number of urea groups is 1. The summed E-state index contributed by atoms with van der Waals surface area (Å²) in [6.07, 6.45) is 1.73. The third kappa shape index (κ3) is 4.79. The number of nitrogens with one attached hydrogen (secondary N) is 1. The highest BCUT2D eigenvalue weighted by Gasteiger charge is 2.46. The zero-order chi connectivity index (χ0) is 21.6. The molecule has 9 heteroatoms. The predicted molar refractivity (Wildman–Crippen MR) is 111 cm³/mol. The molecule has 2 aliphatic rings. The van der Waals surface area contributed by atoms with Gasteiger partial charge in [-0.15, -0.1) is 0 Å². The first-order chi connectivity index (χ1) is 14.5. The lowest BCUT2D eigenvalue weighted by molar-refractivity contribution is -0.136. The highest BCUT2D eigenvalue weighted by Crippen LogP contribution is 2.32. The second kappa shape index (κ2) is 9.99. The summed E-state index contributed by atoms with van der Waals surface area (Å²) in [4.78, 5) is 29.6. The van der Waals surface area contributed by atoms with Crippen molar-refractivity contribution in [2.24, 2.45) is 0 Å². The number of carbonyl (C=O) groups is 2. The summed E-state index contributed by atoms with van der Waals surface area (Å²) in [6.45, 7) is 2.95. The minimum Gasteiger partial charge on any atom is -0.497 e. The van der Waals surface area contributed by atoms with Gasteiger partial charge >= 0.3 is 6.03 Å². The van der Waals surface area contributed by atoms with Crippen molar-refractivity contribution in [3.8, 4) is 11.5 Å². The van der Waals surface area contributed by atoms with Crippen LogP contribution < -0.4 is 14.8 Å². The summed E-state index contributed by atoms with van der Waals surface area (Å²) in [5.41, 5.74) is 0.0167. The topological polar surface area (TPSA) is 89.6 Å². The van der Waals surface area contributed by atoms with Crippen molar-refractivity contribution in [1.82, 2.24) is 9.80 Å². The number of rotatable bonds is 7. The van der Waals surface area contributed by atoms with Gasteiger partial charge in [-0.1, -0.05) is 0 Å². The highest BCUT2D eigenvalue weighted by atomic mass is 16.5. The molecule has 3 amide bonds. The van der Waals surface area contributed by atoms with E-state index < -0.39 is 5.54 Å². The number of hydrogen-bond acceptors (Lipinski definition) is 6. The molecule has 2 fully saturated rings. The van der Waals surface area contributed by atoms with Gasteiger partial charge in [0.15, 0.2) is 0 Å². The van der Waals surface area contributed by atoms with Crippen LogP contribution in [0.25, 0.3) is 0 Å². The van der Waals surface area contributed by atoms with E-state index in [4.69, 9.17) is 18.9 Å². The molecule has 166 valence electrons. The van der Waals surface area contributed by atoms with Crippen LogP contribution in [0.2, 0.25) is 0 Å². The lowest BCUT2D eigenvalue weighted by Gasteiger charge is -2.40. The minimum atomic E-state index is -0.503. The largest absolute Gasteiger partial charge is 0.497 e. The summed E-state index contributed by atoms with van der Waals surface area (Å²) in [6, 6.07) is 4.94. The first-order valence-corrected chi connectivity index (χ1v) is 10.2. The third-order valence-corrected chi connectivity index (χ3v) is 5.70. The molecule has 1 aromatic carbocycles. The Hall–Kier alpha value is -2.52. The summed E-state index contributed by atoms with van der Waals surface area (Å²) in [5.74, 6) is 1.20. The first kappa shape index (κ1) is 22.2. The van der Waals surface area contributed by atoms with Gasteiger partial charge in [-0.05, 0) is 25.0 Å². The highest BCUT2D eigenvalue weighted by molar-refractivity contribution is 5.92. The molecule has 3 rings (SSSR count). The van der Waals surface area contributed by atoms with Gasteiger partial charge in [0.05, 0.1) is 32.1 Å². The fourth-order valence-electron chi connectivity index (χ4n) is 4.09. The maximum absolute atomic E-state index is 13.1. The summed E-state index contributed by atoms with van der Waals surface area (Å²) in [7, 11) is 4.76. The van der Waals surface area contributed by atoms with E-state index in [9.17, 15) is 9.59 Å². The molecule has 0 saturated carbocycles. The van der Waals surface area contributed by atoms with Crippen molar-refractivity contribution in [2.45, 2.75) is 24.8 Å². The molecule has 1 spiro atoms. The standard InChI is InChI=1S/C21H31N3O6/c1-27-11-4-9-24-19(25)7-10-23(14-21(24)8-12-30-15-21)20(26)22-17-13-16(28-2)5-6-18(17)29-3/h5-6,13H,4,7-12,14-15H2,1-3H3,(H,22,26). The van der Waals surface area contributed by atoms with E-state index in [1.54, 1.807) is 44.4 Å². The van der Waals surface area contributed by atoms with E-state index in [0.717, 1.165) is 6.42 Å². The Kier molecular flexibility index (Phi) is 7.38. The fourth-order valence-corrected chi connectivity index (χ4v) is 4.09. The summed E-state index contributed by atoms with van der Waals surface area (Å²) >= 11 is 0. The Morgan fingerprint density at radius 1 is 1.27 bits per heavy atom. The number of carbonyl (C=O) groups excluding carboxylic acids is 2. The number of hydrogen-bond donors (Lipinski definition) is 1. The van der Waals surface area contributed by atoms with Gasteiger partial charge in [0.1, 0.15) is 11.5 Å². The Labute approximate surface area is 177 Å². The monoisotopic (exact) mass is 421 g/mol. The van der Waals surface area contributed by atoms with Gasteiger partial charge in [0, 0.05) is 52.4 Å². The van der Waals surface area contributed by atoms with Crippen LogP contribution in [0.1, 0.15) is 19.3 Å². The molecule has 1 N–H and O–H groups in total. The second-order valence-corrected chi connectivity index (χ2v) is 7.59. The first-order valence-electron chi connectivity index (χ1n) is 10.2. The number of benzene rings is 1. The molecular formula is C21H31N3O6. The van der Waals surface area contributed by atoms with Crippen LogP contribution in [0.5, 0.6) is 11.5 Å². The Bertz CT molecular complexity index is 750. The van der Waals surface area contributed by atoms with Crippen LogP contribution in [0.15, 0.2) is 18.2 Å². The Morgan fingerprint density at radius 2 is 2.10 bits per heavy atom. The van der Waals surface area contributed by atoms with Crippen LogP contribution in [0.4, 0.5) is 10.5 Å². The zero-order valence-corrected chi connectivity index (χ0v) is 17.9. The molecule has 0 radical (unpaired) electrons. The van der Waals surface area contributed by atoms with E-state index in [-0.39, 0.29) is 18.4 Å². The number of anilines is 1. The molecular weight excluding hydrogens is 390 g/mol. The smallest absolute Gasteiger partial charge is 0.322 e. The number of nitrogens with zero attached hydrogens (tertiary/aromatic N) is 2. The molecule has 9 nitrogen and oxygen atoms in total. The molecule has 1 atom stereocenters. The van der Waals surface area contributed by atoms with Gasteiger partial charge in [-0.3, -0.25) is 4.79 Å². The maximum Gasteiger partial charge on any atom is 0.322 e. The molecule has 1 aromatic rings. The van der Waals surface area contributed by atoms with Gasteiger partial charge in [-0.25, -0.2) is 4.79 Å². The van der Waals surface area contributed by atoms with Crippen LogP contribution >= 0.6 is 0 Å². The van der Waals surface area contributed by atoms with Crippen molar-refractivity contribution in [3.05, 3.63) is 18.2 Å². The van der Waals surface area contributed by atoms with Crippen molar-refractivity contribution >= 4 is 17.6 Å². The molecule has 30 heavy (non-hydrogen) atoms. The quantitative estimate of drug-likeness (QED) is 0.677. The average molecular weight is 421 g/mol. The molecule has 0 aliphatic carbocycles. The van der Waals surface area contributed by atoms with Gasteiger partial charge < -0.3 is 34.1 Å². The molecule has 2 saturated heterocycles. The van der Waals surface area contributed by atoms with Gasteiger partial charge in [-0.2, -0.15) is 0 Å². The predicted octanol–water partition coefficient (Wildman–Crippen LogP) is 1.97. The Balaban J connectivity index is 1.78. The lowest BCUT2D eigenvalue weighted by atomic mass is 9.95. The number of methoxy groups -OCH3 is 3. The molecule has 0 bridgehead atoms. The number of ether oxygens (including phenoxy) is 4. The van der Waals surface area contributed by atoms with Gasteiger partial charge in [0.25, 0.3) is 0 Å². The van der Waals surface area contributed by atoms with Crippen molar-refractivity contribution in [3.63, 3.8) is 0 Å². The summed E-state index contributed by atoms with van der Waals surface area (Å²) in [5, 5.41) is 2.91. The average Bonchev–Trinajstić information content (AvgIpc) is 3.17. The van der Waals surface area contributed by atoms with E-state index >= 15 is 0 Å². The molecule has 2 heterocycles. The zero-order valence-electron chi connectivity index (χ0n) is 17.9. The number of amides is 3. The van der Waals surface area contributed by atoms with Crippen LogP contribution in [-0.2, 0) is 14.3 Å². The molecule has 1 unspecified atom stereocenters. The normalized spacial score (nSPS) is 21.6. The Morgan fingerprint density at radius 3 is 2.77 bits per heavy atom. The second-order valence-electron chi connectivity index (χ2n) is 7.59. The van der Waals surface area contributed by atoms with Crippen LogP contribution in [0.3, 0.4) is 0 Å². The van der Waals surface area contributed by atoms with Crippen LogP contribution in [-0.4, -0.2) is 88.1 Å². The third-order valence-electron chi connectivity index (χ3n) is 5.70. The van der Waals surface area contributed by atoms with E-state index in [2.05, 4.69) is 5.32 Å².